The monoisotopic (exact) mass is 322 g/mol. The van der Waals surface area contributed by atoms with Crippen molar-refractivity contribution in [3.05, 3.63) is 54.6 Å². The maximum absolute atomic E-state index is 11.2. The second kappa shape index (κ2) is 6.58. The normalized spacial score (nSPS) is 11.9. The summed E-state index contributed by atoms with van der Waals surface area (Å²) in [5.41, 5.74) is 7.86. The van der Waals surface area contributed by atoms with Crippen LogP contribution in [0.15, 0.2) is 54.6 Å². The molecule has 122 valence electrons. The van der Waals surface area contributed by atoms with Gasteiger partial charge in [0.15, 0.2) is 6.10 Å². The fourth-order valence-electron chi connectivity index (χ4n) is 2.46. The summed E-state index contributed by atoms with van der Waals surface area (Å²) in [6.07, 6.45) is -0.697. The standard InChI is InChI=1S/C19H18N2O3/c1-12(18(20)22)24-15-8-5-7-13(10-15)16-11-14-6-3-4-9-17(14)21-19(16)23-2/h3-12H,1-2H3,(H2,20,22)/t12-/m0/s1. The van der Waals surface area contributed by atoms with Crippen LogP contribution in [0.3, 0.4) is 0 Å². The lowest BCUT2D eigenvalue weighted by Crippen LogP contribution is -2.30. The van der Waals surface area contributed by atoms with Crippen molar-refractivity contribution in [2.24, 2.45) is 5.73 Å². The van der Waals surface area contributed by atoms with E-state index >= 15 is 0 Å². The molecule has 0 saturated carbocycles. The molecule has 0 bridgehead atoms. The van der Waals surface area contributed by atoms with Crippen LogP contribution in [-0.2, 0) is 4.79 Å². The van der Waals surface area contributed by atoms with Crippen LogP contribution in [0.5, 0.6) is 11.6 Å². The van der Waals surface area contributed by atoms with Gasteiger partial charge in [0.1, 0.15) is 5.75 Å². The van der Waals surface area contributed by atoms with E-state index in [0.717, 1.165) is 22.0 Å². The van der Waals surface area contributed by atoms with Crippen LogP contribution in [0.1, 0.15) is 6.92 Å². The zero-order valence-corrected chi connectivity index (χ0v) is 13.5. The average Bonchev–Trinajstić information content (AvgIpc) is 2.60. The molecular formula is C19H18N2O3. The number of benzene rings is 2. The van der Waals surface area contributed by atoms with E-state index < -0.39 is 12.0 Å². The molecule has 1 heterocycles. The summed E-state index contributed by atoms with van der Waals surface area (Å²) in [6, 6.07) is 17.3. The third kappa shape index (κ3) is 3.15. The highest BCUT2D eigenvalue weighted by molar-refractivity contribution is 5.86. The quantitative estimate of drug-likeness (QED) is 0.783. The molecule has 1 atom stereocenters. The highest BCUT2D eigenvalue weighted by Gasteiger charge is 2.13. The fourth-order valence-corrected chi connectivity index (χ4v) is 2.46. The van der Waals surface area contributed by atoms with Crippen LogP contribution in [0.2, 0.25) is 0 Å². The van der Waals surface area contributed by atoms with Gasteiger partial charge in [-0.15, -0.1) is 0 Å². The highest BCUT2D eigenvalue weighted by atomic mass is 16.5. The molecule has 5 nitrogen and oxygen atoms in total. The Morgan fingerprint density at radius 1 is 1.12 bits per heavy atom. The molecule has 1 amide bonds. The summed E-state index contributed by atoms with van der Waals surface area (Å²) in [5, 5.41) is 1.02. The maximum atomic E-state index is 11.2. The van der Waals surface area contributed by atoms with Crippen molar-refractivity contribution in [1.29, 1.82) is 0 Å². The fraction of sp³-hybridized carbons (Fsp3) is 0.158. The molecule has 0 spiro atoms. The van der Waals surface area contributed by atoms with Crippen LogP contribution in [0.4, 0.5) is 0 Å². The minimum absolute atomic E-state index is 0.509. The maximum Gasteiger partial charge on any atom is 0.258 e. The lowest BCUT2D eigenvalue weighted by atomic mass is 10.0. The van der Waals surface area contributed by atoms with Gasteiger partial charge in [0, 0.05) is 10.9 Å². The van der Waals surface area contributed by atoms with E-state index in [2.05, 4.69) is 4.98 Å². The topological polar surface area (TPSA) is 74.4 Å². The third-order valence-corrected chi connectivity index (χ3v) is 3.74. The molecule has 3 rings (SSSR count). The van der Waals surface area contributed by atoms with Gasteiger partial charge in [0.05, 0.1) is 12.6 Å². The summed E-state index contributed by atoms with van der Waals surface area (Å²) >= 11 is 0. The van der Waals surface area contributed by atoms with Crippen molar-refractivity contribution >= 4 is 16.8 Å². The summed E-state index contributed by atoms with van der Waals surface area (Å²) in [7, 11) is 1.59. The predicted molar refractivity (Wildman–Crippen MR) is 93.0 cm³/mol. The van der Waals surface area contributed by atoms with Gasteiger partial charge in [-0.1, -0.05) is 30.3 Å². The number of primary amides is 1. The first kappa shape index (κ1) is 15.8. The second-order valence-corrected chi connectivity index (χ2v) is 5.43. The highest BCUT2D eigenvalue weighted by Crippen LogP contribution is 2.33. The number of rotatable bonds is 5. The Morgan fingerprint density at radius 2 is 1.92 bits per heavy atom. The smallest absolute Gasteiger partial charge is 0.258 e. The zero-order valence-electron chi connectivity index (χ0n) is 13.5. The number of hydrogen-bond donors (Lipinski definition) is 1. The van der Waals surface area contributed by atoms with Crippen molar-refractivity contribution in [2.75, 3.05) is 7.11 Å². The number of carbonyl (C=O) groups is 1. The minimum Gasteiger partial charge on any atom is -0.481 e. The molecule has 0 aliphatic carbocycles. The molecule has 0 saturated heterocycles. The van der Waals surface area contributed by atoms with E-state index in [9.17, 15) is 4.79 Å². The summed E-state index contributed by atoms with van der Waals surface area (Å²) in [6.45, 7) is 1.62. The Hall–Kier alpha value is -3.08. The Labute approximate surface area is 140 Å². The number of fused-ring (bicyclic) bond motifs is 1. The van der Waals surface area contributed by atoms with Crippen molar-refractivity contribution in [3.8, 4) is 22.8 Å². The molecule has 0 fully saturated rings. The number of hydrogen-bond acceptors (Lipinski definition) is 4. The SMILES string of the molecule is COc1nc2ccccc2cc1-c1cccc(O[C@@H](C)C(N)=O)c1. The molecule has 2 N–H and O–H groups in total. The number of aromatic nitrogens is 1. The summed E-state index contributed by atoms with van der Waals surface area (Å²) in [4.78, 5) is 15.7. The Balaban J connectivity index is 2.05. The Kier molecular flexibility index (Phi) is 4.33. The van der Waals surface area contributed by atoms with Crippen molar-refractivity contribution in [1.82, 2.24) is 4.98 Å². The second-order valence-electron chi connectivity index (χ2n) is 5.43. The van der Waals surface area contributed by atoms with Crippen molar-refractivity contribution in [3.63, 3.8) is 0 Å². The molecule has 5 heteroatoms. The van der Waals surface area contributed by atoms with Gasteiger partial charge < -0.3 is 15.2 Å². The molecule has 3 aromatic rings. The van der Waals surface area contributed by atoms with Gasteiger partial charge in [0.25, 0.3) is 5.91 Å². The summed E-state index contributed by atoms with van der Waals surface area (Å²) < 4.78 is 11.0. The van der Waals surface area contributed by atoms with Crippen molar-refractivity contribution < 1.29 is 14.3 Å². The molecule has 2 aromatic carbocycles. The van der Waals surface area contributed by atoms with Gasteiger partial charge in [0.2, 0.25) is 5.88 Å². The largest absolute Gasteiger partial charge is 0.481 e. The van der Waals surface area contributed by atoms with Gasteiger partial charge in [-0.05, 0) is 36.8 Å². The lowest BCUT2D eigenvalue weighted by Gasteiger charge is -2.13. The van der Waals surface area contributed by atoms with E-state index in [4.69, 9.17) is 15.2 Å². The zero-order chi connectivity index (χ0) is 17.1. The van der Waals surface area contributed by atoms with Crippen LogP contribution in [0, 0.1) is 0 Å². The van der Waals surface area contributed by atoms with E-state index in [-0.39, 0.29) is 0 Å². The first-order valence-electron chi connectivity index (χ1n) is 7.58. The number of para-hydroxylation sites is 1. The first-order chi connectivity index (χ1) is 11.6. The number of methoxy groups -OCH3 is 1. The molecule has 0 aliphatic rings. The van der Waals surface area contributed by atoms with Gasteiger partial charge >= 0.3 is 0 Å². The number of pyridine rings is 1. The number of nitrogens with two attached hydrogens (primary N) is 1. The van der Waals surface area contributed by atoms with Crippen LogP contribution in [-0.4, -0.2) is 24.1 Å². The van der Waals surface area contributed by atoms with Gasteiger partial charge in [-0.3, -0.25) is 4.79 Å². The Morgan fingerprint density at radius 3 is 2.67 bits per heavy atom. The summed E-state index contributed by atoms with van der Waals surface area (Å²) in [5.74, 6) is 0.591. The van der Waals surface area contributed by atoms with Crippen molar-refractivity contribution in [2.45, 2.75) is 13.0 Å². The molecular weight excluding hydrogens is 304 g/mol. The van der Waals surface area contributed by atoms with Gasteiger partial charge in [-0.2, -0.15) is 0 Å². The average molecular weight is 322 g/mol. The number of carbonyl (C=O) groups excluding carboxylic acids is 1. The number of ether oxygens (including phenoxy) is 2. The van der Waals surface area contributed by atoms with Crippen LogP contribution in [0.25, 0.3) is 22.0 Å². The molecule has 0 unspecified atom stereocenters. The predicted octanol–water partition coefficient (Wildman–Crippen LogP) is 3.16. The molecule has 0 radical (unpaired) electrons. The van der Waals surface area contributed by atoms with Crippen LogP contribution >= 0.6 is 0 Å². The molecule has 24 heavy (non-hydrogen) atoms. The molecule has 1 aromatic heterocycles. The van der Waals surface area contributed by atoms with E-state index in [0.29, 0.717) is 11.6 Å². The van der Waals surface area contributed by atoms with E-state index in [1.54, 1.807) is 20.1 Å². The van der Waals surface area contributed by atoms with E-state index in [1.165, 1.54) is 0 Å². The van der Waals surface area contributed by atoms with E-state index in [1.807, 2.05) is 48.5 Å². The third-order valence-electron chi connectivity index (χ3n) is 3.74. The van der Waals surface area contributed by atoms with Crippen LogP contribution < -0.4 is 15.2 Å². The number of nitrogens with zero attached hydrogens (tertiary/aromatic N) is 1. The van der Waals surface area contributed by atoms with Gasteiger partial charge in [-0.25, -0.2) is 4.98 Å². The Bertz CT molecular complexity index is 893. The first-order valence-corrected chi connectivity index (χ1v) is 7.58. The lowest BCUT2D eigenvalue weighted by molar-refractivity contribution is -0.123. The molecule has 0 aliphatic heterocycles. The minimum atomic E-state index is -0.697. The number of amides is 1.